The molecule has 0 spiro atoms. The molecule has 0 radical (unpaired) electrons. The Bertz CT molecular complexity index is 1040. The van der Waals surface area contributed by atoms with Crippen LogP contribution in [0.2, 0.25) is 0 Å². The summed E-state index contributed by atoms with van der Waals surface area (Å²) in [6, 6.07) is 18.7. The lowest BCUT2D eigenvalue weighted by atomic mass is 9.98. The first-order valence-corrected chi connectivity index (χ1v) is 9.25. The van der Waals surface area contributed by atoms with Gasteiger partial charge in [0.15, 0.2) is 0 Å². The number of carbonyl (C=O) groups excluding carboxylic acids is 1. The summed E-state index contributed by atoms with van der Waals surface area (Å²) in [4.78, 5) is 13.0. The van der Waals surface area contributed by atoms with Crippen LogP contribution in [0, 0.1) is 18.6 Å². The first-order chi connectivity index (χ1) is 14.0. The van der Waals surface area contributed by atoms with E-state index in [2.05, 4.69) is 10.4 Å². The van der Waals surface area contributed by atoms with Crippen LogP contribution in [-0.2, 0) is 0 Å². The quantitative estimate of drug-likeness (QED) is 0.615. The molecule has 2 amide bonds. The lowest BCUT2D eigenvalue weighted by Gasteiger charge is -2.22. The zero-order chi connectivity index (χ0) is 20.4. The van der Waals surface area contributed by atoms with E-state index in [4.69, 9.17) is 0 Å². The second kappa shape index (κ2) is 7.83. The molecule has 0 bridgehead atoms. The van der Waals surface area contributed by atoms with Crippen LogP contribution in [0.4, 0.5) is 19.3 Å². The maximum Gasteiger partial charge on any atom is 0.342 e. The van der Waals surface area contributed by atoms with E-state index in [1.165, 1.54) is 29.3 Å². The van der Waals surface area contributed by atoms with Crippen molar-refractivity contribution in [2.45, 2.75) is 19.4 Å². The Labute approximate surface area is 167 Å². The van der Waals surface area contributed by atoms with Gasteiger partial charge in [-0.1, -0.05) is 42.0 Å². The zero-order valence-corrected chi connectivity index (χ0v) is 15.8. The summed E-state index contributed by atoms with van der Waals surface area (Å²) in [7, 11) is 0. The Hall–Kier alpha value is -3.54. The molecule has 3 aromatic carbocycles. The molecule has 1 aliphatic heterocycles. The van der Waals surface area contributed by atoms with Crippen molar-refractivity contribution in [3.8, 4) is 0 Å². The number of benzene rings is 3. The highest BCUT2D eigenvalue weighted by Gasteiger charge is 2.33. The maximum atomic E-state index is 13.4. The highest BCUT2D eigenvalue weighted by molar-refractivity contribution is 6.04. The molecular weight excluding hydrogens is 372 g/mol. The van der Waals surface area contributed by atoms with Crippen molar-refractivity contribution < 1.29 is 13.6 Å². The number of anilines is 1. The summed E-state index contributed by atoms with van der Waals surface area (Å²) in [6.45, 7) is 1.97. The van der Waals surface area contributed by atoms with Crippen LogP contribution >= 0.6 is 0 Å². The Morgan fingerprint density at radius 2 is 1.52 bits per heavy atom. The molecule has 146 valence electrons. The van der Waals surface area contributed by atoms with E-state index in [0.717, 1.165) is 16.7 Å². The molecule has 1 N–H and O–H groups in total. The Morgan fingerprint density at radius 1 is 0.931 bits per heavy atom. The van der Waals surface area contributed by atoms with Gasteiger partial charge in [0.2, 0.25) is 0 Å². The van der Waals surface area contributed by atoms with Gasteiger partial charge in [0.25, 0.3) is 0 Å². The molecule has 6 heteroatoms. The van der Waals surface area contributed by atoms with Crippen molar-refractivity contribution in [3.05, 3.63) is 101 Å². The van der Waals surface area contributed by atoms with E-state index in [1.54, 1.807) is 24.3 Å². The number of hydrazone groups is 1. The van der Waals surface area contributed by atoms with Gasteiger partial charge >= 0.3 is 6.03 Å². The average Bonchev–Trinajstić information content (AvgIpc) is 3.16. The van der Waals surface area contributed by atoms with Crippen LogP contribution in [0.25, 0.3) is 0 Å². The predicted molar refractivity (Wildman–Crippen MR) is 109 cm³/mol. The second-order valence-electron chi connectivity index (χ2n) is 6.97. The molecule has 4 nitrogen and oxygen atoms in total. The van der Waals surface area contributed by atoms with Crippen LogP contribution in [0.5, 0.6) is 0 Å². The molecule has 0 unspecified atom stereocenters. The third kappa shape index (κ3) is 4.16. The third-order valence-electron chi connectivity index (χ3n) is 4.85. The Kier molecular flexibility index (Phi) is 5.08. The maximum absolute atomic E-state index is 13.4. The molecular formula is C23H19F2N3O. The van der Waals surface area contributed by atoms with Gasteiger partial charge < -0.3 is 5.32 Å². The minimum atomic E-state index is -0.389. The van der Waals surface area contributed by atoms with E-state index >= 15 is 0 Å². The second-order valence-corrected chi connectivity index (χ2v) is 6.97. The molecule has 29 heavy (non-hydrogen) atoms. The molecule has 0 fully saturated rings. The summed E-state index contributed by atoms with van der Waals surface area (Å²) in [5.74, 6) is -0.682. The number of carbonyl (C=O) groups is 1. The Morgan fingerprint density at radius 3 is 2.14 bits per heavy atom. The van der Waals surface area contributed by atoms with Gasteiger partial charge in [-0.25, -0.2) is 18.6 Å². The molecule has 0 aromatic heterocycles. The van der Waals surface area contributed by atoms with Gasteiger partial charge in [-0.3, -0.25) is 0 Å². The number of urea groups is 1. The highest BCUT2D eigenvalue weighted by Crippen LogP contribution is 2.33. The molecule has 3 aromatic rings. The molecule has 0 aliphatic carbocycles. The fourth-order valence-corrected chi connectivity index (χ4v) is 3.28. The minimum Gasteiger partial charge on any atom is -0.306 e. The number of hydrogen-bond acceptors (Lipinski definition) is 2. The Balaban J connectivity index is 1.64. The van der Waals surface area contributed by atoms with Crippen molar-refractivity contribution in [1.82, 2.24) is 5.01 Å². The van der Waals surface area contributed by atoms with Crippen LogP contribution in [-0.4, -0.2) is 16.8 Å². The van der Waals surface area contributed by atoms with Crippen molar-refractivity contribution in [3.63, 3.8) is 0 Å². The minimum absolute atomic E-state index is 0.337. The van der Waals surface area contributed by atoms with Gasteiger partial charge in [0.05, 0.1) is 11.8 Å². The number of nitrogens with one attached hydrogen (secondary N) is 1. The summed E-state index contributed by atoms with van der Waals surface area (Å²) in [6.07, 6.45) is 0.443. The van der Waals surface area contributed by atoms with E-state index in [9.17, 15) is 13.6 Å². The number of nitrogens with zero attached hydrogens (tertiary/aromatic N) is 2. The van der Waals surface area contributed by atoms with Crippen LogP contribution in [0.15, 0.2) is 77.9 Å². The number of aryl methyl sites for hydroxylation is 1. The van der Waals surface area contributed by atoms with Gasteiger partial charge in [0.1, 0.15) is 11.6 Å². The number of hydrogen-bond donors (Lipinski definition) is 1. The van der Waals surface area contributed by atoms with Crippen LogP contribution in [0.3, 0.4) is 0 Å². The first-order valence-electron chi connectivity index (χ1n) is 9.25. The molecule has 4 rings (SSSR count). The molecule has 1 atom stereocenters. The average molecular weight is 391 g/mol. The van der Waals surface area contributed by atoms with Crippen molar-refractivity contribution in [1.29, 1.82) is 0 Å². The monoisotopic (exact) mass is 391 g/mol. The zero-order valence-electron chi connectivity index (χ0n) is 15.8. The van der Waals surface area contributed by atoms with Crippen molar-refractivity contribution >= 4 is 17.4 Å². The largest absolute Gasteiger partial charge is 0.342 e. The number of halogens is 2. The third-order valence-corrected chi connectivity index (χ3v) is 4.85. The molecule has 1 heterocycles. The van der Waals surface area contributed by atoms with Gasteiger partial charge in [-0.15, -0.1) is 0 Å². The fourth-order valence-electron chi connectivity index (χ4n) is 3.28. The van der Waals surface area contributed by atoms with Crippen molar-refractivity contribution in [2.24, 2.45) is 5.10 Å². The lowest BCUT2D eigenvalue weighted by Crippen LogP contribution is -2.31. The first kappa shape index (κ1) is 18.8. The van der Waals surface area contributed by atoms with E-state index in [1.807, 2.05) is 31.2 Å². The number of amides is 2. The summed E-state index contributed by atoms with van der Waals surface area (Å²) < 4.78 is 26.7. The smallest absolute Gasteiger partial charge is 0.306 e. The van der Waals surface area contributed by atoms with Crippen molar-refractivity contribution in [2.75, 3.05) is 5.32 Å². The summed E-state index contributed by atoms with van der Waals surface area (Å²) >= 11 is 0. The van der Waals surface area contributed by atoms with Gasteiger partial charge in [-0.2, -0.15) is 5.10 Å². The molecule has 1 aliphatic rings. The van der Waals surface area contributed by atoms with Gasteiger partial charge in [0, 0.05) is 12.1 Å². The highest BCUT2D eigenvalue weighted by atomic mass is 19.1. The van der Waals surface area contributed by atoms with Gasteiger partial charge in [-0.05, 0) is 54.4 Å². The van der Waals surface area contributed by atoms with Crippen LogP contribution in [0.1, 0.15) is 29.2 Å². The predicted octanol–water partition coefficient (Wildman–Crippen LogP) is 5.66. The van der Waals surface area contributed by atoms with Crippen LogP contribution < -0.4 is 5.32 Å². The summed E-state index contributed by atoms with van der Waals surface area (Å²) in [5, 5.41) is 8.72. The topological polar surface area (TPSA) is 44.7 Å². The fraction of sp³-hybridized carbons (Fsp3) is 0.130. The van der Waals surface area contributed by atoms with E-state index < -0.39 is 0 Å². The standard InChI is InChI=1S/C23H19F2N3O/c1-15-2-12-20(13-3-15)26-23(29)28-22(17-6-10-19(25)11-7-17)14-21(27-28)16-4-8-18(24)9-5-16/h2-13,22H,14H2,1H3,(H,26,29)/t22-/m0/s1. The summed E-state index contributed by atoms with van der Waals surface area (Å²) in [5.41, 5.74) is 3.92. The lowest BCUT2D eigenvalue weighted by molar-refractivity contribution is 0.200. The van der Waals surface area contributed by atoms with E-state index in [-0.39, 0.29) is 23.7 Å². The normalized spacial score (nSPS) is 15.9. The molecule has 0 saturated heterocycles. The van der Waals surface area contributed by atoms with E-state index in [0.29, 0.717) is 17.8 Å². The SMILES string of the molecule is Cc1ccc(NC(=O)N2N=C(c3ccc(F)cc3)C[C@H]2c2ccc(F)cc2)cc1. The number of rotatable bonds is 3. The molecule has 0 saturated carbocycles.